The van der Waals surface area contributed by atoms with E-state index < -0.39 is 11.9 Å². The van der Waals surface area contributed by atoms with Crippen molar-refractivity contribution >= 4 is 5.82 Å². The van der Waals surface area contributed by atoms with Gasteiger partial charge in [0.1, 0.15) is 5.82 Å². The van der Waals surface area contributed by atoms with E-state index >= 15 is 0 Å². The Morgan fingerprint density at radius 3 is 2.44 bits per heavy atom. The molecule has 0 saturated heterocycles. The monoisotopic (exact) mass is 231 g/mol. The Bertz CT molecular complexity index is 343. The van der Waals surface area contributed by atoms with Gasteiger partial charge in [0, 0.05) is 6.54 Å². The lowest BCUT2D eigenvalue weighted by Gasteiger charge is -2.25. The van der Waals surface area contributed by atoms with Crippen LogP contribution in [0.2, 0.25) is 0 Å². The van der Waals surface area contributed by atoms with Gasteiger partial charge in [-0.1, -0.05) is 6.42 Å². The van der Waals surface area contributed by atoms with E-state index in [1.165, 1.54) is 25.3 Å². The fourth-order valence-electron chi connectivity index (χ4n) is 1.52. The van der Waals surface area contributed by atoms with E-state index in [4.69, 9.17) is 0 Å². The van der Waals surface area contributed by atoms with Crippen LogP contribution in [0.1, 0.15) is 25.0 Å². The second-order valence-electron chi connectivity index (χ2n) is 3.98. The molecule has 0 spiro atoms. The molecule has 0 unspecified atom stereocenters. The number of aromatic nitrogens is 2. The average molecular weight is 231 g/mol. The van der Waals surface area contributed by atoms with Crippen LogP contribution in [0.5, 0.6) is 0 Å². The summed E-state index contributed by atoms with van der Waals surface area (Å²) in [6.45, 7) is 0.764. The van der Waals surface area contributed by atoms with Gasteiger partial charge in [0.05, 0.1) is 0 Å². The van der Waals surface area contributed by atoms with Crippen LogP contribution in [0.3, 0.4) is 0 Å². The maximum Gasteiger partial charge on any atom is 0.435 e. The highest BCUT2D eigenvalue weighted by Gasteiger charge is 2.32. The summed E-state index contributed by atoms with van der Waals surface area (Å²) < 4.78 is 36.5. The molecule has 1 heterocycles. The maximum absolute atomic E-state index is 12.2. The van der Waals surface area contributed by atoms with Crippen molar-refractivity contribution in [3.63, 3.8) is 0 Å². The minimum atomic E-state index is -4.42. The highest BCUT2D eigenvalue weighted by molar-refractivity contribution is 5.33. The molecule has 1 fully saturated rings. The highest BCUT2D eigenvalue weighted by Crippen LogP contribution is 2.28. The third kappa shape index (κ3) is 2.62. The standard InChI is InChI=1S/C10H12F3N3/c11-10(12,13)8-4-5-9(16-15-8)14-6-7-2-1-3-7/h4-5,7H,1-3,6H2,(H,14,16). The largest absolute Gasteiger partial charge is 0.435 e. The van der Waals surface area contributed by atoms with Gasteiger partial charge < -0.3 is 5.32 Å². The van der Waals surface area contributed by atoms with E-state index in [0.717, 1.165) is 12.6 Å². The number of anilines is 1. The predicted molar refractivity (Wildman–Crippen MR) is 52.9 cm³/mol. The molecule has 1 aliphatic carbocycles. The Morgan fingerprint density at radius 1 is 1.25 bits per heavy atom. The first kappa shape index (κ1) is 11.2. The summed E-state index contributed by atoms with van der Waals surface area (Å²) in [5.74, 6) is 1.03. The summed E-state index contributed by atoms with van der Waals surface area (Å²) in [5, 5.41) is 9.61. The van der Waals surface area contributed by atoms with Gasteiger partial charge in [-0.25, -0.2) is 0 Å². The summed E-state index contributed by atoms with van der Waals surface area (Å²) in [4.78, 5) is 0. The quantitative estimate of drug-likeness (QED) is 0.869. The van der Waals surface area contributed by atoms with Crippen LogP contribution in [-0.4, -0.2) is 16.7 Å². The fourth-order valence-corrected chi connectivity index (χ4v) is 1.52. The molecule has 0 radical (unpaired) electrons. The molecule has 1 aromatic heterocycles. The second kappa shape index (κ2) is 4.27. The smallest absolute Gasteiger partial charge is 0.368 e. The Kier molecular flexibility index (Phi) is 2.98. The van der Waals surface area contributed by atoms with Crippen molar-refractivity contribution in [1.82, 2.24) is 10.2 Å². The molecular weight excluding hydrogens is 219 g/mol. The first-order valence-corrected chi connectivity index (χ1v) is 5.20. The van der Waals surface area contributed by atoms with Gasteiger partial charge in [0.15, 0.2) is 5.69 Å². The van der Waals surface area contributed by atoms with Gasteiger partial charge in [0.2, 0.25) is 0 Å². The SMILES string of the molecule is FC(F)(F)c1ccc(NCC2CCC2)nn1. The summed E-state index contributed by atoms with van der Waals surface area (Å²) in [6, 6.07) is 2.25. The van der Waals surface area contributed by atoms with Crippen molar-refractivity contribution in [1.29, 1.82) is 0 Å². The number of hydrogen-bond acceptors (Lipinski definition) is 3. The Labute approximate surface area is 91.1 Å². The molecule has 0 aliphatic heterocycles. The van der Waals surface area contributed by atoms with Gasteiger partial charge in [-0.2, -0.15) is 13.2 Å². The molecule has 0 bridgehead atoms. The van der Waals surface area contributed by atoms with Crippen LogP contribution in [0.25, 0.3) is 0 Å². The van der Waals surface area contributed by atoms with Crippen molar-refractivity contribution in [2.24, 2.45) is 5.92 Å². The maximum atomic E-state index is 12.2. The second-order valence-corrected chi connectivity index (χ2v) is 3.98. The zero-order valence-electron chi connectivity index (χ0n) is 8.59. The number of hydrogen-bond donors (Lipinski definition) is 1. The van der Waals surface area contributed by atoms with Crippen molar-refractivity contribution in [2.45, 2.75) is 25.4 Å². The Balaban J connectivity index is 1.91. The number of rotatable bonds is 3. The lowest BCUT2D eigenvalue weighted by atomic mass is 9.85. The van der Waals surface area contributed by atoms with Gasteiger partial charge in [0.25, 0.3) is 0 Å². The van der Waals surface area contributed by atoms with E-state index in [1.54, 1.807) is 0 Å². The third-order valence-corrected chi connectivity index (χ3v) is 2.75. The van der Waals surface area contributed by atoms with Crippen LogP contribution in [0.15, 0.2) is 12.1 Å². The molecule has 3 nitrogen and oxygen atoms in total. The minimum Gasteiger partial charge on any atom is -0.368 e. The summed E-state index contributed by atoms with van der Waals surface area (Å²) in [5.41, 5.74) is -0.957. The van der Waals surface area contributed by atoms with E-state index in [9.17, 15) is 13.2 Å². The average Bonchev–Trinajstić information content (AvgIpc) is 2.15. The lowest BCUT2D eigenvalue weighted by molar-refractivity contribution is -0.141. The molecular formula is C10H12F3N3. The van der Waals surface area contributed by atoms with Gasteiger partial charge in [-0.3, -0.25) is 0 Å². The minimum absolute atomic E-state index is 0.403. The van der Waals surface area contributed by atoms with Crippen LogP contribution in [0, 0.1) is 5.92 Å². The third-order valence-electron chi connectivity index (χ3n) is 2.75. The van der Waals surface area contributed by atoms with Gasteiger partial charge in [-0.15, -0.1) is 10.2 Å². The summed E-state index contributed by atoms with van der Waals surface area (Å²) in [7, 11) is 0. The molecule has 0 atom stereocenters. The Hall–Kier alpha value is -1.33. The Morgan fingerprint density at radius 2 is 2.00 bits per heavy atom. The van der Waals surface area contributed by atoms with Crippen molar-refractivity contribution in [2.75, 3.05) is 11.9 Å². The molecule has 16 heavy (non-hydrogen) atoms. The van der Waals surface area contributed by atoms with Crippen LogP contribution < -0.4 is 5.32 Å². The molecule has 88 valence electrons. The number of nitrogens with zero attached hydrogens (tertiary/aromatic N) is 2. The van der Waals surface area contributed by atoms with Gasteiger partial charge >= 0.3 is 6.18 Å². The van der Waals surface area contributed by atoms with Crippen molar-refractivity contribution in [3.8, 4) is 0 Å². The predicted octanol–water partition coefficient (Wildman–Crippen LogP) is 2.71. The number of halogens is 3. The molecule has 2 rings (SSSR count). The van der Waals surface area contributed by atoms with E-state index in [2.05, 4.69) is 15.5 Å². The first-order chi connectivity index (χ1) is 7.55. The zero-order chi connectivity index (χ0) is 11.6. The van der Waals surface area contributed by atoms with Gasteiger partial charge in [-0.05, 0) is 30.9 Å². The summed E-state index contributed by atoms with van der Waals surface area (Å²) >= 11 is 0. The van der Waals surface area contributed by atoms with Crippen molar-refractivity contribution in [3.05, 3.63) is 17.8 Å². The normalized spacial score (nSPS) is 16.9. The number of alkyl halides is 3. The van der Waals surface area contributed by atoms with Crippen LogP contribution >= 0.6 is 0 Å². The fraction of sp³-hybridized carbons (Fsp3) is 0.600. The van der Waals surface area contributed by atoms with E-state index in [1.807, 2.05) is 0 Å². The number of nitrogens with one attached hydrogen (secondary N) is 1. The zero-order valence-corrected chi connectivity index (χ0v) is 8.59. The molecule has 1 aliphatic rings. The van der Waals surface area contributed by atoms with Crippen LogP contribution in [0.4, 0.5) is 19.0 Å². The molecule has 1 N–H and O–H groups in total. The van der Waals surface area contributed by atoms with Crippen molar-refractivity contribution < 1.29 is 13.2 Å². The molecule has 0 amide bonds. The van der Waals surface area contributed by atoms with E-state index in [-0.39, 0.29) is 0 Å². The molecule has 6 heteroatoms. The topological polar surface area (TPSA) is 37.8 Å². The molecule has 0 aromatic carbocycles. The highest BCUT2D eigenvalue weighted by atomic mass is 19.4. The molecule has 1 saturated carbocycles. The van der Waals surface area contributed by atoms with Crippen LogP contribution in [-0.2, 0) is 6.18 Å². The first-order valence-electron chi connectivity index (χ1n) is 5.20. The lowest BCUT2D eigenvalue weighted by Crippen LogP contribution is -2.21. The molecule has 1 aromatic rings. The summed E-state index contributed by atoms with van der Waals surface area (Å²) in [6.07, 6.45) is -0.813. The van der Waals surface area contributed by atoms with E-state index in [0.29, 0.717) is 11.7 Å².